The van der Waals surface area contributed by atoms with Gasteiger partial charge >= 0.3 is 0 Å². The maximum atomic E-state index is 12.4. The number of fused-ring (bicyclic) bond motifs is 1. The number of para-hydroxylation sites is 1. The SMILES string of the molecule is C=CCOc1ccccc1CN1CC[C@H]2[C@H](CCC(=O)N2CCCC)C1. The highest BCUT2D eigenvalue weighted by atomic mass is 16.5. The van der Waals surface area contributed by atoms with Crippen molar-refractivity contribution < 1.29 is 9.53 Å². The van der Waals surface area contributed by atoms with E-state index < -0.39 is 0 Å². The summed E-state index contributed by atoms with van der Waals surface area (Å²) in [7, 11) is 0. The Morgan fingerprint density at radius 3 is 2.96 bits per heavy atom. The molecule has 2 aliphatic heterocycles. The Morgan fingerprint density at radius 2 is 2.15 bits per heavy atom. The lowest BCUT2D eigenvalue weighted by molar-refractivity contribution is -0.141. The van der Waals surface area contributed by atoms with Crippen molar-refractivity contribution in [1.82, 2.24) is 9.80 Å². The van der Waals surface area contributed by atoms with Gasteiger partial charge in [0.25, 0.3) is 0 Å². The smallest absolute Gasteiger partial charge is 0.222 e. The van der Waals surface area contributed by atoms with Crippen LogP contribution in [0.3, 0.4) is 0 Å². The summed E-state index contributed by atoms with van der Waals surface area (Å²) in [6, 6.07) is 8.74. The van der Waals surface area contributed by atoms with Gasteiger partial charge in [-0.2, -0.15) is 0 Å². The third kappa shape index (κ3) is 4.47. The van der Waals surface area contributed by atoms with Crippen molar-refractivity contribution in [2.45, 2.75) is 51.6 Å². The Morgan fingerprint density at radius 1 is 1.31 bits per heavy atom. The molecule has 2 fully saturated rings. The van der Waals surface area contributed by atoms with E-state index in [4.69, 9.17) is 4.74 Å². The van der Waals surface area contributed by atoms with Gasteiger partial charge in [0.2, 0.25) is 5.91 Å². The van der Waals surface area contributed by atoms with Gasteiger partial charge in [-0.25, -0.2) is 0 Å². The number of hydrogen-bond acceptors (Lipinski definition) is 3. The van der Waals surface area contributed by atoms with E-state index in [9.17, 15) is 4.79 Å². The second-order valence-electron chi connectivity index (χ2n) is 7.54. The van der Waals surface area contributed by atoms with Gasteiger partial charge < -0.3 is 9.64 Å². The van der Waals surface area contributed by atoms with Gasteiger partial charge in [-0.15, -0.1) is 0 Å². The van der Waals surface area contributed by atoms with Crippen molar-refractivity contribution in [3.63, 3.8) is 0 Å². The van der Waals surface area contributed by atoms with E-state index in [1.807, 2.05) is 12.1 Å². The van der Waals surface area contributed by atoms with Crippen LogP contribution < -0.4 is 4.74 Å². The maximum absolute atomic E-state index is 12.4. The van der Waals surface area contributed by atoms with Crippen LogP contribution in [0.2, 0.25) is 0 Å². The normalized spacial score (nSPS) is 23.6. The zero-order valence-corrected chi connectivity index (χ0v) is 16.0. The van der Waals surface area contributed by atoms with Gasteiger partial charge in [0.1, 0.15) is 12.4 Å². The maximum Gasteiger partial charge on any atom is 0.222 e. The summed E-state index contributed by atoms with van der Waals surface area (Å²) in [6.07, 6.45) is 6.90. The summed E-state index contributed by atoms with van der Waals surface area (Å²) in [5.74, 6) is 1.94. The lowest BCUT2D eigenvalue weighted by atomic mass is 9.83. The summed E-state index contributed by atoms with van der Waals surface area (Å²) >= 11 is 0. The molecule has 3 rings (SSSR count). The van der Waals surface area contributed by atoms with Crippen molar-refractivity contribution in [3.05, 3.63) is 42.5 Å². The van der Waals surface area contributed by atoms with E-state index >= 15 is 0 Å². The number of benzene rings is 1. The van der Waals surface area contributed by atoms with E-state index in [0.717, 1.165) is 64.0 Å². The number of ether oxygens (including phenoxy) is 1. The molecule has 4 heteroatoms. The number of rotatable bonds is 8. The molecule has 0 unspecified atom stereocenters. The van der Waals surface area contributed by atoms with Gasteiger partial charge in [-0.05, 0) is 31.2 Å². The minimum atomic E-state index is 0.372. The predicted octanol–water partition coefficient (Wildman–Crippen LogP) is 3.86. The van der Waals surface area contributed by atoms with Crippen LogP contribution in [0.1, 0.15) is 44.6 Å². The number of carbonyl (C=O) groups is 1. The second kappa shape index (κ2) is 9.22. The molecule has 1 amide bonds. The van der Waals surface area contributed by atoms with Crippen molar-refractivity contribution in [2.24, 2.45) is 5.92 Å². The number of likely N-dealkylation sites (tertiary alicyclic amines) is 2. The lowest BCUT2D eigenvalue weighted by Crippen LogP contribution is -2.55. The standard InChI is InChI=1S/C22H32N2O2/c1-3-5-13-24-20-12-14-23(16-18(20)10-11-22(24)25)17-19-8-6-7-9-21(19)26-15-4-2/h4,6-9,18,20H,2-3,5,10-17H2,1H3/t18-,20+/m1/s1. The molecule has 142 valence electrons. The minimum Gasteiger partial charge on any atom is -0.489 e. The van der Waals surface area contributed by atoms with Crippen LogP contribution in [0.25, 0.3) is 0 Å². The zero-order valence-electron chi connectivity index (χ0n) is 16.0. The monoisotopic (exact) mass is 356 g/mol. The third-order valence-electron chi connectivity index (χ3n) is 5.70. The number of unbranched alkanes of at least 4 members (excludes halogenated alkanes) is 1. The van der Waals surface area contributed by atoms with Crippen LogP contribution in [0.4, 0.5) is 0 Å². The molecular weight excluding hydrogens is 324 g/mol. The molecule has 26 heavy (non-hydrogen) atoms. The van der Waals surface area contributed by atoms with E-state index in [-0.39, 0.29) is 0 Å². The van der Waals surface area contributed by atoms with Gasteiger partial charge in [0, 0.05) is 44.2 Å². The fourth-order valence-corrected chi connectivity index (χ4v) is 4.35. The van der Waals surface area contributed by atoms with Crippen LogP contribution in [0.15, 0.2) is 36.9 Å². The molecule has 0 aromatic heterocycles. The molecule has 4 nitrogen and oxygen atoms in total. The Bertz CT molecular complexity index is 616. The average Bonchev–Trinajstić information content (AvgIpc) is 2.66. The fraction of sp³-hybridized carbons (Fsp3) is 0.591. The number of hydrogen-bond donors (Lipinski definition) is 0. The van der Waals surface area contributed by atoms with Crippen molar-refractivity contribution in [1.29, 1.82) is 0 Å². The highest BCUT2D eigenvalue weighted by Crippen LogP contribution is 2.32. The fourth-order valence-electron chi connectivity index (χ4n) is 4.35. The summed E-state index contributed by atoms with van der Waals surface area (Å²) < 4.78 is 5.81. The molecule has 2 atom stereocenters. The molecule has 0 aliphatic carbocycles. The van der Waals surface area contributed by atoms with Crippen LogP contribution in [0, 0.1) is 5.92 Å². The Hall–Kier alpha value is -1.81. The van der Waals surface area contributed by atoms with Crippen molar-refractivity contribution in [3.8, 4) is 5.75 Å². The molecule has 0 saturated carbocycles. The molecule has 2 saturated heterocycles. The minimum absolute atomic E-state index is 0.372. The summed E-state index contributed by atoms with van der Waals surface area (Å²) in [4.78, 5) is 17.1. The highest BCUT2D eigenvalue weighted by molar-refractivity contribution is 5.77. The van der Waals surface area contributed by atoms with E-state index in [2.05, 4.69) is 35.4 Å². The highest BCUT2D eigenvalue weighted by Gasteiger charge is 2.38. The first-order chi connectivity index (χ1) is 12.7. The third-order valence-corrected chi connectivity index (χ3v) is 5.70. The van der Waals surface area contributed by atoms with Crippen molar-refractivity contribution in [2.75, 3.05) is 26.2 Å². The Kier molecular flexibility index (Phi) is 6.73. The molecule has 1 aromatic carbocycles. The van der Waals surface area contributed by atoms with E-state index in [1.54, 1.807) is 6.08 Å². The van der Waals surface area contributed by atoms with E-state index in [1.165, 1.54) is 5.56 Å². The summed E-state index contributed by atoms with van der Waals surface area (Å²) in [5.41, 5.74) is 1.24. The first-order valence-electron chi connectivity index (χ1n) is 10.1. The van der Waals surface area contributed by atoms with Crippen LogP contribution in [-0.2, 0) is 11.3 Å². The molecular formula is C22H32N2O2. The molecule has 2 heterocycles. The second-order valence-corrected chi connectivity index (χ2v) is 7.54. The summed E-state index contributed by atoms with van der Waals surface area (Å²) in [5, 5.41) is 0. The van der Waals surface area contributed by atoms with Crippen molar-refractivity contribution >= 4 is 5.91 Å². The number of amides is 1. The van der Waals surface area contributed by atoms with E-state index in [0.29, 0.717) is 24.5 Å². The largest absolute Gasteiger partial charge is 0.489 e. The van der Waals surface area contributed by atoms with Gasteiger partial charge in [0.15, 0.2) is 0 Å². The van der Waals surface area contributed by atoms with Gasteiger partial charge in [-0.3, -0.25) is 9.69 Å². The first-order valence-corrected chi connectivity index (χ1v) is 10.1. The molecule has 0 radical (unpaired) electrons. The molecule has 1 aromatic rings. The summed E-state index contributed by atoms with van der Waals surface area (Å²) in [6.45, 7) is 10.4. The number of carbonyl (C=O) groups excluding carboxylic acids is 1. The van der Waals surface area contributed by atoms with Gasteiger partial charge in [-0.1, -0.05) is 44.2 Å². The molecule has 0 N–H and O–H groups in total. The first kappa shape index (κ1) is 19.0. The number of nitrogens with zero attached hydrogens (tertiary/aromatic N) is 2. The average molecular weight is 357 g/mol. The van der Waals surface area contributed by atoms with Crippen LogP contribution in [0.5, 0.6) is 5.75 Å². The Balaban J connectivity index is 1.62. The quantitative estimate of drug-likeness (QED) is 0.663. The Labute approximate surface area is 157 Å². The predicted molar refractivity (Wildman–Crippen MR) is 105 cm³/mol. The molecule has 2 aliphatic rings. The van der Waals surface area contributed by atoms with Crippen LogP contribution >= 0.6 is 0 Å². The van der Waals surface area contributed by atoms with Gasteiger partial charge in [0.05, 0.1) is 0 Å². The zero-order chi connectivity index (χ0) is 18.4. The topological polar surface area (TPSA) is 32.8 Å². The molecule has 0 spiro atoms. The molecule has 0 bridgehead atoms. The number of piperidine rings is 2. The lowest BCUT2D eigenvalue weighted by Gasteiger charge is -2.47. The van der Waals surface area contributed by atoms with Crippen LogP contribution in [-0.4, -0.2) is 48.0 Å².